The molecule has 0 bridgehead atoms. The number of hydrogen-bond donors (Lipinski definition) is 2. The average Bonchev–Trinajstić information content (AvgIpc) is 2.99. The van der Waals surface area contributed by atoms with Gasteiger partial charge in [0.15, 0.2) is 0 Å². The third kappa shape index (κ3) is 4.32. The molecule has 0 saturated heterocycles. The van der Waals surface area contributed by atoms with Gasteiger partial charge in [-0.05, 0) is 48.9 Å². The van der Waals surface area contributed by atoms with Gasteiger partial charge in [0.2, 0.25) is 5.91 Å². The highest BCUT2D eigenvalue weighted by Gasteiger charge is 2.30. The molecule has 5 nitrogen and oxygen atoms in total. The zero-order valence-corrected chi connectivity index (χ0v) is 19.9. The predicted molar refractivity (Wildman–Crippen MR) is 129 cm³/mol. The fourth-order valence-corrected chi connectivity index (χ4v) is 4.14. The van der Waals surface area contributed by atoms with Crippen LogP contribution in [0.25, 0.3) is 16.6 Å². The van der Waals surface area contributed by atoms with E-state index in [9.17, 15) is 9.18 Å². The first-order chi connectivity index (χ1) is 14.9. The number of amides is 1. The Balaban J connectivity index is 2.35. The van der Waals surface area contributed by atoms with E-state index in [1.807, 2.05) is 32.9 Å². The van der Waals surface area contributed by atoms with Gasteiger partial charge in [0.05, 0.1) is 17.8 Å². The summed E-state index contributed by atoms with van der Waals surface area (Å²) in [5.74, 6) is -0.414. The van der Waals surface area contributed by atoms with Crippen LogP contribution in [0.2, 0.25) is 0 Å². The zero-order chi connectivity index (χ0) is 23.8. The van der Waals surface area contributed by atoms with Crippen molar-refractivity contribution in [3.8, 4) is 5.69 Å². The van der Waals surface area contributed by atoms with E-state index in [2.05, 4.69) is 30.7 Å². The zero-order valence-electron chi connectivity index (χ0n) is 19.9. The van der Waals surface area contributed by atoms with E-state index in [4.69, 9.17) is 10.1 Å². The van der Waals surface area contributed by atoms with Crippen molar-refractivity contribution < 1.29 is 13.9 Å². The molecule has 0 aliphatic heterocycles. The van der Waals surface area contributed by atoms with Crippen LogP contribution < -0.4 is 5.32 Å². The topological polar surface area (TPSA) is 67.1 Å². The highest BCUT2D eigenvalue weighted by atomic mass is 19.1. The van der Waals surface area contributed by atoms with Gasteiger partial charge in [0.25, 0.3) is 0 Å². The summed E-state index contributed by atoms with van der Waals surface area (Å²) in [5, 5.41) is 11.9. The van der Waals surface area contributed by atoms with Crippen molar-refractivity contribution in [1.29, 1.82) is 5.41 Å². The maximum absolute atomic E-state index is 13.7. The van der Waals surface area contributed by atoms with E-state index in [1.54, 1.807) is 19.2 Å². The lowest BCUT2D eigenvalue weighted by Crippen LogP contribution is -2.28. The van der Waals surface area contributed by atoms with Crippen LogP contribution in [0.5, 0.6) is 0 Å². The molecule has 1 amide bonds. The third-order valence-corrected chi connectivity index (χ3v) is 5.71. The number of nitrogens with zero attached hydrogens (tertiary/aromatic N) is 1. The van der Waals surface area contributed by atoms with Crippen LogP contribution in [0, 0.1) is 23.6 Å². The molecule has 0 atom stereocenters. The number of benzene rings is 2. The summed E-state index contributed by atoms with van der Waals surface area (Å²) in [7, 11) is 1.68. The van der Waals surface area contributed by atoms with Gasteiger partial charge in [-0.2, -0.15) is 0 Å². The standard InChI is InChI=1S/C26H32FN3O2/c1-16-20-13-21(29-24(31)25(2,3)4)17(14-28)12-22(20)30(19-10-8-18(27)9-11-19)23(16)26(5,6)15-32-7/h8-14,28H,15H2,1-7H3,(H,29,31). The molecule has 32 heavy (non-hydrogen) atoms. The number of aromatic nitrogens is 1. The summed E-state index contributed by atoms with van der Waals surface area (Å²) in [6.07, 6.45) is 1.25. The van der Waals surface area contributed by atoms with Crippen molar-refractivity contribution in [2.24, 2.45) is 5.41 Å². The van der Waals surface area contributed by atoms with E-state index < -0.39 is 5.41 Å². The fraction of sp³-hybridized carbons (Fsp3) is 0.385. The molecule has 170 valence electrons. The predicted octanol–water partition coefficient (Wildman–Crippen LogP) is 5.98. The fourth-order valence-electron chi connectivity index (χ4n) is 4.14. The van der Waals surface area contributed by atoms with Crippen LogP contribution in [0.4, 0.5) is 10.1 Å². The second kappa shape index (κ2) is 8.51. The molecule has 3 aromatic rings. The van der Waals surface area contributed by atoms with Crippen molar-refractivity contribution in [2.75, 3.05) is 19.0 Å². The molecule has 0 saturated carbocycles. The van der Waals surface area contributed by atoms with E-state index in [0.717, 1.165) is 27.8 Å². The largest absolute Gasteiger partial charge is 0.384 e. The molecular formula is C26H32FN3O2. The Bertz CT molecular complexity index is 1170. The normalized spacial score (nSPS) is 12.2. The number of anilines is 1. The van der Waals surface area contributed by atoms with E-state index >= 15 is 0 Å². The van der Waals surface area contributed by atoms with Gasteiger partial charge in [-0.25, -0.2) is 4.39 Å². The number of hydrogen-bond acceptors (Lipinski definition) is 3. The van der Waals surface area contributed by atoms with Crippen molar-refractivity contribution in [1.82, 2.24) is 4.57 Å². The molecule has 1 heterocycles. The van der Waals surface area contributed by atoms with Crippen molar-refractivity contribution in [3.05, 3.63) is 59.0 Å². The quantitative estimate of drug-likeness (QED) is 0.466. The second-order valence-corrected chi connectivity index (χ2v) is 9.91. The molecule has 3 rings (SSSR count). The number of aryl methyl sites for hydroxylation is 1. The van der Waals surface area contributed by atoms with Crippen LogP contribution in [-0.4, -0.2) is 30.4 Å². The molecule has 0 aliphatic rings. The van der Waals surface area contributed by atoms with Gasteiger partial charge >= 0.3 is 0 Å². The first-order valence-electron chi connectivity index (χ1n) is 10.7. The number of methoxy groups -OCH3 is 1. The van der Waals surface area contributed by atoms with Crippen molar-refractivity contribution >= 4 is 28.7 Å². The third-order valence-electron chi connectivity index (χ3n) is 5.71. The number of ether oxygens (including phenoxy) is 1. The summed E-state index contributed by atoms with van der Waals surface area (Å²) in [6, 6.07) is 10.2. The average molecular weight is 438 g/mol. The summed E-state index contributed by atoms with van der Waals surface area (Å²) in [5.41, 5.74) is 4.10. The van der Waals surface area contributed by atoms with Gasteiger partial charge in [-0.15, -0.1) is 0 Å². The minimum Gasteiger partial charge on any atom is -0.384 e. The summed E-state index contributed by atoms with van der Waals surface area (Å²) in [6.45, 7) is 12.3. The summed E-state index contributed by atoms with van der Waals surface area (Å²) >= 11 is 0. The van der Waals surface area contributed by atoms with Crippen LogP contribution in [0.3, 0.4) is 0 Å². The number of nitrogens with one attached hydrogen (secondary N) is 2. The molecule has 1 aromatic heterocycles. The van der Waals surface area contributed by atoms with E-state index in [1.165, 1.54) is 18.3 Å². The Morgan fingerprint density at radius 3 is 2.31 bits per heavy atom. The molecule has 6 heteroatoms. The first-order valence-corrected chi connectivity index (χ1v) is 10.7. The molecular weight excluding hydrogens is 405 g/mol. The highest BCUT2D eigenvalue weighted by molar-refractivity contribution is 6.04. The monoisotopic (exact) mass is 437 g/mol. The van der Waals surface area contributed by atoms with Gasteiger partial charge in [0.1, 0.15) is 5.82 Å². The molecule has 0 unspecified atom stereocenters. The van der Waals surface area contributed by atoms with Gasteiger partial charge in [0, 0.05) is 46.5 Å². The van der Waals surface area contributed by atoms with E-state index in [0.29, 0.717) is 17.9 Å². The van der Waals surface area contributed by atoms with Crippen LogP contribution in [-0.2, 0) is 14.9 Å². The molecule has 0 fully saturated rings. The summed E-state index contributed by atoms with van der Waals surface area (Å²) in [4.78, 5) is 12.6. The minimum atomic E-state index is -0.561. The van der Waals surface area contributed by atoms with Crippen LogP contribution in [0.15, 0.2) is 36.4 Å². The van der Waals surface area contributed by atoms with Crippen molar-refractivity contribution in [2.45, 2.75) is 47.0 Å². The summed E-state index contributed by atoms with van der Waals surface area (Å²) < 4.78 is 21.3. The Labute approximate surface area is 189 Å². The Kier molecular flexibility index (Phi) is 6.29. The maximum atomic E-state index is 13.7. The molecule has 0 spiro atoms. The van der Waals surface area contributed by atoms with Gasteiger partial charge < -0.3 is 20.0 Å². The second-order valence-electron chi connectivity index (χ2n) is 9.91. The number of carbonyl (C=O) groups is 1. The van der Waals surface area contributed by atoms with Crippen molar-refractivity contribution in [3.63, 3.8) is 0 Å². The smallest absolute Gasteiger partial charge is 0.229 e. The Morgan fingerprint density at radius 1 is 1.16 bits per heavy atom. The van der Waals surface area contributed by atoms with Gasteiger partial charge in [-0.3, -0.25) is 4.79 Å². The molecule has 2 aromatic carbocycles. The Hall–Kier alpha value is -2.99. The minimum absolute atomic E-state index is 0.115. The lowest BCUT2D eigenvalue weighted by atomic mass is 9.87. The van der Waals surface area contributed by atoms with Crippen LogP contribution >= 0.6 is 0 Å². The molecule has 0 radical (unpaired) electrons. The SMILES string of the molecule is COCC(C)(C)c1c(C)c2cc(NC(=O)C(C)(C)C)c(C=N)cc2n1-c1ccc(F)cc1. The molecule has 2 N–H and O–H groups in total. The number of fused-ring (bicyclic) bond motifs is 1. The number of rotatable bonds is 6. The first kappa shape index (κ1) is 23.7. The van der Waals surface area contributed by atoms with E-state index in [-0.39, 0.29) is 17.1 Å². The number of carbonyl (C=O) groups excluding carboxylic acids is 1. The van der Waals surface area contributed by atoms with Gasteiger partial charge in [-0.1, -0.05) is 34.6 Å². The maximum Gasteiger partial charge on any atom is 0.229 e. The molecule has 0 aliphatic carbocycles. The lowest BCUT2D eigenvalue weighted by Gasteiger charge is -2.27. The van der Waals surface area contributed by atoms with Crippen LogP contribution in [0.1, 0.15) is 51.4 Å². The lowest BCUT2D eigenvalue weighted by molar-refractivity contribution is -0.123. The number of halogens is 1. The Morgan fingerprint density at radius 2 is 1.78 bits per heavy atom. The highest BCUT2D eigenvalue weighted by Crippen LogP contribution is 2.39.